The molecule has 0 amide bonds. The van der Waals surface area contributed by atoms with Crippen LogP contribution in [0.25, 0.3) is 0 Å². The molecule has 0 spiro atoms. The zero-order valence-electron chi connectivity index (χ0n) is 14.7. The van der Waals surface area contributed by atoms with Crippen LogP contribution in [0.15, 0.2) is 0 Å². The Morgan fingerprint density at radius 3 is 2.09 bits per heavy atom. The predicted octanol–water partition coefficient (Wildman–Crippen LogP) is 3.23. The molecular weight excluding hydrogens is 300 g/mol. The average molecular weight is 334 g/mol. The minimum atomic E-state index is -2.21. The van der Waals surface area contributed by atoms with E-state index in [1.165, 1.54) is 12.8 Å². The van der Waals surface area contributed by atoms with E-state index in [-0.39, 0.29) is 17.9 Å². The lowest BCUT2D eigenvalue weighted by Gasteiger charge is -2.49. The summed E-state index contributed by atoms with van der Waals surface area (Å²) in [6.07, 6.45) is 4.65. The standard InChI is InChI=1S/C13H28O3Si.C3H5O2/c1-5-13(14-6-2)11-9-10-12-17(13,15-7-3)16-8-4;4-1-3-2-5-3/h5-12H2,1-4H3;3H,1-2H2. The molecule has 2 unspecified atom stereocenters. The van der Waals surface area contributed by atoms with E-state index in [2.05, 4.69) is 32.4 Å². The molecule has 2 aliphatic rings. The van der Waals surface area contributed by atoms with Gasteiger partial charge in [-0.2, -0.15) is 0 Å². The molecule has 131 valence electrons. The van der Waals surface area contributed by atoms with Crippen molar-refractivity contribution in [3.8, 4) is 0 Å². The van der Waals surface area contributed by atoms with Crippen molar-refractivity contribution in [2.24, 2.45) is 0 Å². The normalized spacial score (nSPS) is 29.6. The summed E-state index contributed by atoms with van der Waals surface area (Å²) in [5.74, 6) is 0. The van der Waals surface area contributed by atoms with E-state index in [0.717, 1.165) is 38.7 Å². The molecular formula is C16H33O5Si. The lowest BCUT2D eigenvalue weighted by molar-refractivity contribution is -0.0426. The second-order valence-electron chi connectivity index (χ2n) is 5.73. The van der Waals surface area contributed by atoms with Crippen molar-refractivity contribution >= 4 is 8.56 Å². The Hall–Kier alpha value is 0.0169. The van der Waals surface area contributed by atoms with Gasteiger partial charge in [0.1, 0.15) is 17.9 Å². The first-order valence-corrected chi connectivity index (χ1v) is 10.8. The molecule has 0 aromatic heterocycles. The van der Waals surface area contributed by atoms with Crippen molar-refractivity contribution in [2.75, 3.05) is 33.0 Å². The summed E-state index contributed by atoms with van der Waals surface area (Å²) >= 11 is 0. The smallest absolute Gasteiger partial charge is 0.371 e. The third-order valence-corrected chi connectivity index (χ3v) is 9.02. The van der Waals surface area contributed by atoms with Crippen molar-refractivity contribution in [3.05, 3.63) is 0 Å². The van der Waals surface area contributed by atoms with Crippen LogP contribution in [0.3, 0.4) is 0 Å². The molecule has 2 heterocycles. The maximum atomic E-state index is 9.57. The van der Waals surface area contributed by atoms with Gasteiger partial charge in [0, 0.05) is 19.8 Å². The Labute approximate surface area is 136 Å². The van der Waals surface area contributed by atoms with E-state index in [9.17, 15) is 5.11 Å². The van der Waals surface area contributed by atoms with Crippen molar-refractivity contribution in [1.82, 2.24) is 0 Å². The monoisotopic (exact) mass is 333 g/mol. The van der Waals surface area contributed by atoms with Gasteiger partial charge in [-0.15, -0.1) is 0 Å². The van der Waals surface area contributed by atoms with Crippen molar-refractivity contribution in [1.29, 1.82) is 0 Å². The quantitative estimate of drug-likeness (QED) is 0.505. The number of ether oxygens (including phenoxy) is 2. The van der Waals surface area contributed by atoms with Crippen LogP contribution >= 0.6 is 0 Å². The third-order valence-electron chi connectivity index (χ3n) is 4.37. The summed E-state index contributed by atoms with van der Waals surface area (Å²) in [6.45, 7) is 11.3. The fraction of sp³-hybridized carbons (Fsp3) is 1.00. The second kappa shape index (κ2) is 10.0. The van der Waals surface area contributed by atoms with Crippen LogP contribution in [-0.2, 0) is 23.4 Å². The van der Waals surface area contributed by atoms with E-state index in [0.29, 0.717) is 6.61 Å². The molecule has 0 N–H and O–H groups in total. The van der Waals surface area contributed by atoms with Crippen LogP contribution in [0, 0.1) is 0 Å². The summed E-state index contributed by atoms with van der Waals surface area (Å²) in [4.78, 5) is 0. The van der Waals surface area contributed by atoms with Gasteiger partial charge in [0.15, 0.2) is 0 Å². The maximum Gasteiger partial charge on any atom is 0.371 e. The van der Waals surface area contributed by atoms with Gasteiger partial charge in [-0.1, -0.05) is 19.8 Å². The van der Waals surface area contributed by atoms with E-state index in [4.69, 9.17) is 13.6 Å². The topological polar surface area (TPSA) is 60.1 Å². The van der Waals surface area contributed by atoms with Crippen LogP contribution in [0.5, 0.6) is 0 Å². The molecule has 0 bridgehead atoms. The molecule has 2 fully saturated rings. The van der Waals surface area contributed by atoms with Crippen molar-refractivity contribution < 1.29 is 23.4 Å². The van der Waals surface area contributed by atoms with Gasteiger partial charge in [0.05, 0.1) is 6.61 Å². The number of hydrogen-bond donors (Lipinski definition) is 0. The molecule has 2 rings (SSSR count). The van der Waals surface area contributed by atoms with Crippen LogP contribution in [-0.4, -0.2) is 52.9 Å². The summed E-state index contributed by atoms with van der Waals surface area (Å²) in [6, 6.07) is 1.09. The lowest BCUT2D eigenvalue weighted by atomic mass is 10.1. The average Bonchev–Trinajstić information content (AvgIpc) is 3.35. The molecule has 0 aromatic carbocycles. The first-order chi connectivity index (χ1) is 10.6. The first-order valence-electron chi connectivity index (χ1n) is 8.75. The lowest BCUT2D eigenvalue weighted by Crippen LogP contribution is -2.65. The molecule has 5 nitrogen and oxygen atoms in total. The Bertz CT molecular complexity index is 283. The molecule has 2 aliphatic heterocycles. The minimum Gasteiger partial charge on any atom is -0.393 e. The Morgan fingerprint density at radius 1 is 1.09 bits per heavy atom. The Morgan fingerprint density at radius 2 is 1.73 bits per heavy atom. The molecule has 1 radical (unpaired) electrons. The van der Waals surface area contributed by atoms with Gasteiger partial charge in [-0.3, -0.25) is 0 Å². The first kappa shape index (κ1) is 20.1. The summed E-state index contributed by atoms with van der Waals surface area (Å²) in [7, 11) is -2.21. The predicted molar refractivity (Wildman–Crippen MR) is 87.6 cm³/mol. The van der Waals surface area contributed by atoms with Crippen LogP contribution in [0.4, 0.5) is 0 Å². The Kier molecular flexibility index (Phi) is 9.12. The largest absolute Gasteiger partial charge is 0.393 e. The van der Waals surface area contributed by atoms with Gasteiger partial charge in [0.25, 0.3) is 0 Å². The van der Waals surface area contributed by atoms with E-state index in [1.54, 1.807) is 0 Å². The number of rotatable bonds is 8. The SMILES string of the molecule is CCOC1(CC)CCCC[Si]1(OCC)OCC.[O]CC1CO1. The van der Waals surface area contributed by atoms with Gasteiger partial charge in [-0.05, 0) is 39.7 Å². The maximum absolute atomic E-state index is 9.57. The highest BCUT2D eigenvalue weighted by atomic mass is 28.4. The Balaban J connectivity index is 0.000000406. The molecule has 22 heavy (non-hydrogen) atoms. The highest BCUT2D eigenvalue weighted by Crippen LogP contribution is 2.42. The van der Waals surface area contributed by atoms with Gasteiger partial charge < -0.3 is 18.3 Å². The summed E-state index contributed by atoms with van der Waals surface area (Å²) in [5, 5.41) is 9.45. The van der Waals surface area contributed by atoms with E-state index in [1.807, 2.05) is 0 Å². The fourth-order valence-corrected chi connectivity index (χ4v) is 7.74. The highest BCUT2D eigenvalue weighted by molar-refractivity contribution is 6.70. The summed E-state index contributed by atoms with van der Waals surface area (Å²) < 4.78 is 23.0. The van der Waals surface area contributed by atoms with E-state index >= 15 is 0 Å². The second-order valence-corrected chi connectivity index (χ2v) is 9.22. The van der Waals surface area contributed by atoms with E-state index < -0.39 is 8.56 Å². The van der Waals surface area contributed by atoms with Crippen LogP contribution < -0.4 is 0 Å². The van der Waals surface area contributed by atoms with Gasteiger partial charge in [0.2, 0.25) is 0 Å². The molecule has 0 aromatic rings. The number of hydrogen-bond acceptors (Lipinski definition) is 4. The zero-order valence-corrected chi connectivity index (χ0v) is 15.7. The van der Waals surface area contributed by atoms with Crippen LogP contribution in [0.1, 0.15) is 53.4 Å². The van der Waals surface area contributed by atoms with Crippen LogP contribution in [0.2, 0.25) is 6.04 Å². The molecule has 6 heteroatoms. The molecule has 2 atom stereocenters. The molecule has 2 saturated heterocycles. The van der Waals surface area contributed by atoms with Gasteiger partial charge >= 0.3 is 8.56 Å². The molecule has 0 saturated carbocycles. The van der Waals surface area contributed by atoms with Crippen molar-refractivity contribution in [2.45, 2.75) is 70.8 Å². The van der Waals surface area contributed by atoms with Crippen molar-refractivity contribution in [3.63, 3.8) is 0 Å². The number of epoxide rings is 1. The van der Waals surface area contributed by atoms with Gasteiger partial charge in [-0.25, -0.2) is 5.11 Å². The molecule has 0 aliphatic carbocycles. The highest BCUT2D eigenvalue weighted by Gasteiger charge is 2.58. The fourth-order valence-electron chi connectivity index (χ4n) is 3.27. The third kappa shape index (κ3) is 5.01. The zero-order chi connectivity index (χ0) is 16.5. The summed E-state index contributed by atoms with van der Waals surface area (Å²) in [5.41, 5.74) is 0. The minimum absolute atomic E-state index is 0.0556.